The first kappa shape index (κ1) is 11.2. The lowest BCUT2D eigenvalue weighted by atomic mass is 10.0. The summed E-state index contributed by atoms with van der Waals surface area (Å²) in [5.41, 5.74) is 5.39. The Morgan fingerprint density at radius 2 is 2.25 bits per heavy atom. The maximum absolute atomic E-state index is 10.4. The van der Waals surface area contributed by atoms with Gasteiger partial charge in [-0.15, -0.1) is 0 Å². The number of aliphatic carboxylic acids is 1. The van der Waals surface area contributed by atoms with Crippen LogP contribution in [0.3, 0.4) is 0 Å². The summed E-state index contributed by atoms with van der Waals surface area (Å²) in [6, 6.07) is -0.780. The molecule has 0 aromatic rings. The molecule has 0 amide bonds. The fourth-order valence-corrected chi connectivity index (χ4v) is 0.822. The lowest BCUT2D eigenvalue weighted by Crippen LogP contribution is -2.35. The van der Waals surface area contributed by atoms with Gasteiger partial charge in [-0.25, -0.2) is 0 Å². The first-order chi connectivity index (χ1) is 5.59. The molecule has 0 fully saturated rings. The van der Waals surface area contributed by atoms with Crippen molar-refractivity contribution in [3.05, 3.63) is 12.2 Å². The van der Waals surface area contributed by atoms with Crippen molar-refractivity contribution in [2.45, 2.75) is 32.7 Å². The number of allylic oxidation sites excluding steroid dienone is 1. The van der Waals surface area contributed by atoms with Gasteiger partial charge in [0.05, 0.1) is 0 Å². The highest BCUT2D eigenvalue weighted by atomic mass is 16.4. The normalized spacial score (nSPS) is 16.2. The molecule has 0 aromatic heterocycles. The fourth-order valence-electron chi connectivity index (χ4n) is 0.822. The molecule has 3 nitrogen and oxygen atoms in total. The van der Waals surface area contributed by atoms with Crippen molar-refractivity contribution in [3.8, 4) is 0 Å². The van der Waals surface area contributed by atoms with Crippen LogP contribution in [0.5, 0.6) is 0 Å². The van der Waals surface area contributed by atoms with Crippen LogP contribution in [0.1, 0.15) is 26.7 Å². The molecule has 70 valence electrons. The molecule has 0 aliphatic rings. The molecule has 0 heterocycles. The van der Waals surface area contributed by atoms with Crippen molar-refractivity contribution < 1.29 is 9.90 Å². The smallest absolute Gasteiger partial charge is 0.321 e. The number of carboxylic acid groups (broad SMARTS) is 1. The second-order valence-electron chi connectivity index (χ2n) is 2.94. The predicted molar refractivity (Wildman–Crippen MR) is 48.8 cm³/mol. The van der Waals surface area contributed by atoms with E-state index in [0.29, 0.717) is 0 Å². The highest BCUT2D eigenvalue weighted by molar-refractivity contribution is 5.73. The Balaban J connectivity index is 3.85. The number of unbranched alkanes of at least 4 members (excludes halogenated alkanes) is 1. The van der Waals surface area contributed by atoms with Crippen LogP contribution in [0.2, 0.25) is 0 Å². The monoisotopic (exact) mass is 171 g/mol. The molecule has 0 rings (SSSR count). The average Bonchev–Trinajstić information content (AvgIpc) is 2.03. The van der Waals surface area contributed by atoms with Gasteiger partial charge in [0.15, 0.2) is 0 Å². The number of nitrogens with two attached hydrogens (primary N) is 1. The summed E-state index contributed by atoms with van der Waals surface area (Å²) in [4.78, 5) is 10.4. The lowest BCUT2D eigenvalue weighted by molar-refractivity contribution is -0.139. The topological polar surface area (TPSA) is 63.3 Å². The second-order valence-corrected chi connectivity index (χ2v) is 2.94. The minimum Gasteiger partial charge on any atom is -0.480 e. The summed E-state index contributed by atoms with van der Waals surface area (Å²) in [7, 11) is 0. The van der Waals surface area contributed by atoms with Gasteiger partial charge in [-0.3, -0.25) is 4.79 Å². The van der Waals surface area contributed by atoms with Crippen LogP contribution >= 0.6 is 0 Å². The van der Waals surface area contributed by atoms with Crippen molar-refractivity contribution in [1.82, 2.24) is 0 Å². The van der Waals surface area contributed by atoms with Crippen molar-refractivity contribution in [1.29, 1.82) is 0 Å². The Kier molecular flexibility index (Phi) is 5.37. The Morgan fingerprint density at radius 3 is 2.67 bits per heavy atom. The molecule has 3 N–H and O–H groups in total. The van der Waals surface area contributed by atoms with E-state index in [-0.39, 0.29) is 5.92 Å². The standard InChI is InChI=1S/C9H17NO2/c1-3-4-5-6-7(2)8(10)9(11)12/h5-8H,3-4,10H2,1-2H3,(H,11,12)/b6-5-/t7?,8-/m1/s1. The summed E-state index contributed by atoms with van der Waals surface area (Å²) >= 11 is 0. The molecule has 0 radical (unpaired) electrons. The third-order valence-corrected chi connectivity index (χ3v) is 1.75. The predicted octanol–water partition coefficient (Wildman–Crippen LogP) is 1.39. The molecule has 0 aliphatic carbocycles. The van der Waals surface area contributed by atoms with E-state index in [4.69, 9.17) is 10.8 Å². The maximum Gasteiger partial charge on any atom is 0.321 e. The zero-order chi connectivity index (χ0) is 9.56. The molecular weight excluding hydrogens is 154 g/mol. The van der Waals surface area contributed by atoms with Gasteiger partial charge in [0.25, 0.3) is 0 Å². The number of hydrogen-bond acceptors (Lipinski definition) is 2. The van der Waals surface area contributed by atoms with E-state index in [2.05, 4.69) is 6.92 Å². The first-order valence-corrected chi connectivity index (χ1v) is 4.24. The Hall–Kier alpha value is -0.830. The van der Waals surface area contributed by atoms with Gasteiger partial charge in [-0.1, -0.05) is 32.4 Å². The molecular formula is C9H17NO2. The van der Waals surface area contributed by atoms with Gasteiger partial charge in [0.2, 0.25) is 0 Å². The van der Waals surface area contributed by atoms with Gasteiger partial charge in [0, 0.05) is 0 Å². The minimum atomic E-state index is -0.941. The van der Waals surface area contributed by atoms with Crippen molar-refractivity contribution >= 4 is 5.97 Å². The van der Waals surface area contributed by atoms with Crippen molar-refractivity contribution in [2.24, 2.45) is 11.7 Å². The molecule has 2 atom stereocenters. The van der Waals surface area contributed by atoms with Crippen LogP contribution in [0.15, 0.2) is 12.2 Å². The minimum absolute atomic E-state index is 0.0888. The number of rotatable bonds is 5. The van der Waals surface area contributed by atoms with Crippen LogP contribution in [-0.4, -0.2) is 17.1 Å². The van der Waals surface area contributed by atoms with Gasteiger partial charge < -0.3 is 10.8 Å². The summed E-state index contributed by atoms with van der Waals surface area (Å²) in [5, 5.41) is 8.55. The maximum atomic E-state index is 10.4. The molecule has 0 saturated carbocycles. The Labute approximate surface area is 73.3 Å². The third kappa shape index (κ3) is 4.13. The molecule has 1 unspecified atom stereocenters. The number of hydrogen-bond donors (Lipinski definition) is 2. The third-order valence-electron chi connectivity index (χ3n) is 1.75. The van der Waals surface area contributed by atoms with Crippen LogP contribution < -0.4 is 5.73 Å². The van der Waals surface area contributed by atoms with E-state index in [1.807, 2.05) is 19.1 Å². The Morgan fingerprint density at radius 1 is 1.67 bits per heavy atom. The molecule has 0 saturated heterocycles. The van der Waals surface area contributed by atoms with E-state index in [9.17, 15) is 4.79 Å². The van der Waals surface area contributed by atoms with Crippen molar-refractivity contribution in [3.63, 3.8) is 0 Å². The molecule has 12 heavy (non-hydrogen) atoms. The quantitative estimate of drug-likeness (QED) is 0.614. The average molecular weight is 171 g/mol. The zero-order valence-corrected chi connectivity index (χ0v) is 7.66. The number of carbonyl (C=O) groups is 1. The molecule has 0 bridgehead atoms. The zero-order valence-electron chi connectivity index (χ0n) is 7.66. The van der Waals surface area contributed by atoms with E-state index < -0.39 is 12.0 Å². The summed E-state index contributed by atoms with van der Waals surface area (Å²) < 4.78 is 0. The SMILES string of the molecule is CCC/C=C\C(C)[C@@H](N)C(=O)O. The van der Waals surface area contributed by atoms with E-state index in [1.165, 1.54) is 0 Å². The largest absolute Gasteiger partial charge is 0.480 e. The first-order valence-electron chi connectivity index (χ1n) is 4.24. The van der Waals surface area contributed by atoms with Crippen LogP contribution in [0.4, 0.5) is 0 Å². The van der Waals surface area contributed by atoms with Gasteiger partial charge in [-0.2, -0.15) is 0 Å². The highest BCUT2D eigenvalue weighted by Crippen LogP contribution is 2.03. The van der Waals surface area contributed by atoms with Gasteiger partial charge in [0.1, 0.15) is 6.04 Å². The molecule has 0 aliphatic heterocycles. The number of carboxylic acids is 1. The van der Waals surface area contributed by atoms with Crippen LogP contribution in [0.25, 0.3) is 0 Å². The van der Waals surface area contributed by atoms with Crippen LogP contribution in [0, 0.1) is 5.92 Å². The molecule has 0 aromatic carbocycles. The molecule has 3 heteroatoms. The van der Waals surface area contributed by atoms with E-state index in [0.717, 1.165) is 12.8 Å². The second kappa shape index (κ2) is 5.77. The fraction of sp³-hybridized carbons (Fsp3) is 0.667. The highest BCUT2D eigenvalue weighted by Gasteiger charge is 2.16. The lowest BCUT2D eigenvalue weighted by Gasteiger charge is -2.10. The van der Waals surface area contributed by atoms with E-state index in [1.54, 1.807) is 0 Å². The summed E-state index contributed by atoms with van der Waals surface area (Å²) in [6.45, 7) is 3.89. The summed E-state index contributed by atoms with van der Waals surface area (Å²) in [6.07, 6.45) is 5.90. The van der Waals surface area contributed by atoms with Crippen LogP contribution in [-0.2, 0) is 4.79 Å². The van der Waals surface area contributed by atoms with Crippen molar-refractivity contribution in [2.75, 3.05) is 0 Å². The van der Waals surface area contributed by atoms with Gasteiger partial charge >= 0.3 is 5.97 Å². The Bertz CT molecular complexity index is 166. The van der Waals surface area contributed by atoms with E-state index >= 15 is 0 Å². The summed E-state index contributed by atoms with van der Waals surface area (Å²) in [5.74, 6) is -1.03. The molecule has 0 spiro atoms. The van der Waals surface area contributed by atoms with Gasteiger partial charge in [-0.05, 0) is 12.3 Å².